The molecule has 0 radical (unpaired) electrons. The lowest BCUT2D eigenvalue weighted by atomic mass is 9.92. The predicted molar refractivity (Wildman–Crippen MR) is 281 cm³/mol. The van der Waals surface area contributed by atoms with Crippen molar-refractivity contribution in [2.75, 3.05) is 53.3 Å². The maximum atomic E-state index is 13.1. The lowest BCUT2D eigenvalue weighted by molar-refractivity contribution is -0.114. The molecule has 0 saturated carbocycles. The van der Waals surface area contributed by atoms with Crippen LogP contribution in [-0.2, 0) is 9.53 Å². The number of rotatable bonds is 13. The largest absolute Gasteiger partial charge is 0.469 e. The molecule has 1 amide bonds. The third kappa shape index (κ3) is 11.0. The van der Waals surface area contributed by atoms with Crippen molar-refractivity contribution < 1.29 is 14.3 Å². The molecule has 2 N–H and O–H groups in total. The number of carbonyl (C=O) groups excluding carboxylic acids is 2. The summed E-state index contributed by atoms with van der Waals surface area (Å²) >= 11 is 0. The summed E-state index contributed by atoms with van der Waals surface area (Å²) in [7, 11) is 0. The van der Waals surface area contributed by atoms with Crippen LogP contribution in [0.1, 0.15) is 78.4 Å². The first-order valence-electron chi connectivity index (χ1n) is 23.0. The SMILES string of the molecule is CCN(CC)c1cc(C)c(N=C2C=C(OCNc3ccc(C)cc3)C(=O)c3ccccc32)c(C)c1.[C-]#[N+]/C(C#N)=C1/C(=Nc2ccc(N(CC)CC)cc2NC(C)=O)/C(=C(\C#N)[N+]#[C-])c2ccccc21. The van der Waals surface area contributed by atoms with Crippen molar-refractivity contribution in [1.82, 2.24) is 0 Å². The van der Waals surface area contributed by atoms with Gasteiger partial charge in [0.15, 0.2) is 12.5 Å². The average Bonchev–Trinajstić information content (AvgIpc) is 3.67. The molecule has 0 atom stereocenters. The number of aryl methyl sites for hydroxylation is 3. The smallest absolute Gasteiger partial charge is 0.271 e. The first-order valence-corrected chi connectivity index (χ1v) is 23.0. The fraction of sp³-hybridized carbons (Fsp3) is 0.228. The molecule has 0 spiro atoms. The highest BCUT2D eigenvalue weighted by Crippen LogP contribution is 2.44. The molecule has 2 aliphatic carbocycles. The second-order valence-electron chi connectivity index (χ2n) is 16.3. The highest BCUT2D eigenvalue weighted by Gasteiger charge is 2.33. The minimum atomic E-state index is -0.290. The molecule has 0 fully saturated rings. The fourth-order valence-corrected chi connectivity index (χ4v) is 8.36. The Morgan fingerprint density at radius 3 is 1.74 bits per heavy atom. The molecule has 0 saturated heterocycles. The quantitative estimate of drug-likeness (QED) is 0.0672. The van der Waals surface area contributed by atoms with Gasteiger partial charge in [0, 0.05) is 78.5 Å². The van der Waals surface area contributed by atoms with Crippen LogP contribution in [0.25, 0.3) is 20.8 Å². The molecule has 13 heteroatoms. The number of nitrogens with zero attached hydrogens (tertiary/aromatic N) is 8. The molecular formula is C57H54N10O3. The number of ether oxygens (including phenoxy) is 1. The van der Waals surface area contributed by atoms with Gasteiger partial charge < -0.3 is 25.2 Å². The Balaban J connectivity index is 0.000000230. The normalized spacial score (nSPS) is 14.2. The number of carbonyl (C=O) groups is 2. The number of amides is 1. The van der Waals surface area contributed by atoms with Crippen LogP contribution in [0.15, 0.2) is 136 Å². The standard InChI is InChI=1S/C30H33N3O2.C27H21N7O/c1-6-33(7-2)24-16-21(4)29(22(5)17-24)32-27-18-28(30(34)26-11-9-8-10-25(26)27)35-19-31-23-14-12-20(3)13-15-23;1-6-34(7-2)18-12-13-21(22(14-18)32-17(3)35)33-27-25(23(15-28)30-4)19-10-8-9-11-20(19)26(27)24(16-29)31-5/h8-18,31H,6-7,19H2,1-5H3;8-14H,6-7H2,1-3H3,(H,32,35)/b;25-23+,26-24+. The number of aliphatic imine (C=N–C) groups is 2. The molecule has 70 heavy (non-hydrogen) atoms. The van der Waals surface area contributed by atoms with Gasteiger partial charge >= 0.3 is 0 Å². The monoisotopic (exact) mass is 926 g/mol. The molecule has 350 valence electrons. The number of nitrogens with one attached hydrogen (secondary N) is 2. The van der Waals surface area contributed by atoms with Crippen LogP contribution in [-0.4, -0.2) is 56.0 Å². The Morgan fingerprint density at radius 2 is 1.23 bits per heavy atom. The molecular weight excluding hydrogens is 873 g/mol. The molecule has 5 aromatic rings. The number of hydrogen-bond acceptors (Lipinski definition) is 10. The number of Topliss-reactive ketones (excluding diaryl/α,β-unsaturated/α-hetero) is 1. The molecule has 0 aliphatic heterocycles. The Hall–Kier alpha value is -9.04. The molecule has 5 aromatic carbocycles. The zero-order valence-corrected chi connectivity index (χ0v) is 40.7. The highest BCUT2D eigenvalue weighted by atomic mass is 16.5. The zero-order valence-electron chi connectivity index (χ0n) is 40.7. The fourth-order valence-electron chi connectivity index (χ4n) is 8.36. The van der Waals surface area contributed by atoms with Gasteiger partial charge in [-0.05, 0) is 113 Å². The molecule has 0 heterocycles. The number of allylic oxidation sites excluding steroid dienone is 6. The van der Waals surface area contributed by atoms with Gasteiger partial charge in [0.25, 0.3) is 11.4 Å². The Bertz CT molecular complexity index is 3050. The first kappa shape index (κ1) is 50.4. The highest BCUT2D eigenvalue weighted by molar-refractivity contribution is 6.51. The Labute approximate surface area is 410 Å². The summed E-state index contributed by atoms with van der Waals surface area (Å²) in [5, 5.41) is 25.4. The summed E-state index contributed by atoms with van der Waals surface area (Å²) in [5.74, 6) is -0.130. The van der Waals surface area contributed by atoms with Gasteiger partial charge in [-0.1, -0.05) is 66.2 Å². The van der Waals surface area contributed by atoms with Gasteiger partial charge in [0.1, 0.15) is 0 Å². The predicted octanol–water partition coefficient (Wildman–Crippen LogP) is 12.3. The molecule has 0 unspecified atom stereocenters. The van der Waals surface area contributed by atoms with Crippen molar-refractivity contribution in [2.24, 2.45) is 9.98 Å². The van der Waals surface area contributed by atoms with E-state index in [1.807, 2.05) is 93.6 Å². The van der Waals surface area contributed by atoms with Crippen molar-refractivity contribution in [1.29, 1.82) is 10.5 Å². The van der Waals surface area contributed by atoms with Gasteiger partial charge in [-0.15, -0.1) is 0 Å². The lowest BCUT2D eigenvalue weighted by Crippen LogP contribution is -2.22. The van der Waals surface area contributed by atoms with Crippen LogP contribution in [0, 0.1) is 56.6 Å². The van der Waals surface area contributed by atoms with E-state index < -0.39 is 0 Å². The van der Waals surface area contributed by atoms with E-state index in [0.29, 0.717) is 28.1 Å². The van der Waals surface area contributed by atoms with Crippen LogP contribution < -0.4 is 20.4 Å². The van der Waals surface area contributed by atoms with Gasteiger partial charge in [-0.25, -0.2) is 30.2 Å². The second-order valence-corrected chi connectivity index (χ2v) is 16.3. The minimum absolute atomic E-state index is 0.129. The molecule has 0 aromatic heterocycles. The number of anilines is 4. The number of ketones is 1. The Kier molecular flexibility index (Phi) is 16.6. The van der Waals surface area contributed by atoms with E-state index in [9.17, 15) is 20.1 Å². The van der Waals surface area contributed by atoms with E-state index in [-0.39, 0.29) is 52.4 Å². The zero-order chi connectivity index (χ0) is 50.5. The van der Waals surface area contributed by atoms with E-state index in [0.717, 1.165) is 65.6 Å². The first-order chi connectivity index (χ1) is 33.8. The minimum Gasteiger partial charge on any atom is -0.469 e. The number of fused-ring (bicyclic) bond motifs is 2. The summed E-state index contributed by atoms with van der Waals surface area (Å²) < 4.78 is 5.91. The van der Waals surface area contributed by atoms with Crippen molar-refractivity contribution in [2.45, 2.75) is 55.4 Å². The molecule has 2 aliphatic rings. The van der Waals surface area contributed by atoms with Crippen molar-refractivity contribution >= 4 is 68.4 Å². The van der Waals surface area contributed by atoms with E-state index in [4.69, 9.17) is 27.9 Å². The summed E-state index contributed by atoms with van der Waals surface area (Å²) in [6.45, 7) is 34.7. The lowest BCUT2D eigenvalue weighted by Gasteiger charge is -2.23. The summed E-state index contributed by atoms with van der Waals surface area (Å²) in [6, 6.07) is 36.2. The third-order valence-electron chi connectivity index (χ3n) is 11.8. The van der Waals surface area contributed by atoms with Crippen LogP contribution in [0.5, 0.6) is 0 Å². The average molecular weight is 927 g/mol. The van der Waals surface area contributed by atoms with Crippen LogP contribution in [0.3, 0.4) is 0 Å². The number of benzene rings is 5. The summed E-state index contributed by atoms with van der Waals surface area (Å²) in [4.78, 5) is 46.1. The van der Waals surface area contributed by atoms with Crippen molar-refractivity contribution in [3.63, 3.8) is 0 Å². The van der Waals surface area contributed by atoms with Crippen molar-refractivity contribution in [3.05, 3.63) is 188 Å². The molecule has 13 nitrogen and oxygen atoms in total. The summed E-state index contributed by atoms with van der Waals surface area (Å²) in [6.07, 6.45) is 1.76. The number of nitriles is 2. The maximum absolute atomic E-state index is 13.1. The summed E-state index contributed by atoms with van der Waals surface area (Å²) in [5.41, 5.74) is 11.7. The van der Waals surface area contributed by atoms with Gasteiger partial charge in [-0.2, -0.15) is 0 Å². The van der Waals surface area contributed by atoms with Crippen LogP contribution in [0.4, 0.5) is 34.1 Å². The van der Waals surface area contributed by atoms with Gasteiger partial charge in [0.05, 0.1) is 53.8 Å². The number of hydrogen-bond donors (Lipinski definition) is 2. The maximum Gasteiger partial charge on any atom is 0.271 e. The molecule has 7 rings (SSSR count). The van der Waals surface area contributed by atoms with E-state index in [1.165, 1.54) is 18.2 Å². The molecule has 0 bridgehead atoms. The van der Waals surface area contributed by atoms with Gasteiger partial charge in [-0.3, -0.25) is 9.59 Å². The van der Waals surface area contributed by atoms with E-state index in [2.05, 4.69) is 70.0 Å². The van der Waals surface area contributed by atoms with Crippen molar-refractivity contribution in [3.8, 4) is 12.1 Å². The van der Waals surface area contributed by atoms with E-state index >= 15 is 0 Å². The Morgan fingerprint density at radius 1 is 0.700 bits per heavy atom. The second kappa shape index (κ2) is 23.1. The van der Waals surface area contributed by atoms with Crippen LogP contribution in [0.2, 0.25) is 0 Å². The topological polar surface area (TPSA) is 155 Å². The third-order valence-corrected chi connectivity index (χ3v) is 11.8. The van der Waals surface area contributed by atoms with Crippen LogP contribution >= 0.6 is 0 Å². The van der Waals surface area contributed by atoms with E-state index in [1.54, 1.807) is 36.4 Å². The van der Waals surface area contributed by atoms with Gasteiger partial charge in [0.2, 0.25) is 11.7 Å².